The van der Waals surface area contributed by atoms with Crippen molar-refractivity contribution in [2.75, 3.05) is 25.1 Å². The summed E-state index contributed by atoms with van der Waals surface area (Å²) in [6.07, 6.45) is 2.32. The normalized spacial score (nSPS) is 17.9. The first kappa shape index (κ1) is 19.6. The molecule has 1 amide bonds. The number of morpholine rings is 1. The topological polar surface area (TPSA) is 59.4 Å². The van der Waals surface area contributed by atoms with Crippen molar-refractivity contribution < 1.29 is 9.53 Å². The number of carbonyl (C=O) groups excluding carboxylic acids is 1. The van der Waals surface area contributed by atoms with Crippen LogP contribution in [0.25, 0.3) is 0 Å². The van der Waals surface area contributed by atoms with E-state index < -0.39 is 0 Å². The monoisotopic (exact) mass is 370 g/mol. The van der Waals surface area contributed by atoms with Crippen molar-refractivity contribution in [2.24, 2.45) is 7.05 Å². The lowest BCUT2D eigenvalue weighted by Gasteiger charge is -2.35. The summed E-state index contributed by atoms with van der Waals surface area (Å²) in [6.45, 7) is 9.55. The van der Waals surface area contributed by atoms with Gasteiger partial charge in [-0.1, -0.05) is 25.5 Å². The maximum atomic E-state index is 12.6. The van der Waals surface area contributed by atoms with Gasteiger partial charge in [-0.15, -0.1) is 0 Å². The van der Waals surface area contributed by atoms with E-state index in [0.717, 1.165) is 56.2 Å². The number of nitrogens with zero attached hydrogens (tertiary/aromatic N) is 3. The molecule has 0 aliphatic carbocycles. The zero-order chi connectivity index (χ0) is 19.4. The minimum atomic E-state index is -0.101. The number of benzene rings is 1. The zero-order valence-electron chi connectivity index (χ0n) is 16.8. The first-order valence-corrected chi connectivity index (χ1v) is 9.72. The van der Waals surface area contributed by atoms with E-state index in [1.807, 2.05) is 33.0 Å². The van der Waals surface area contributed by atoms with Crippen molar-refractivity contribution in [2.45, 2.75) is 46.2 Å². The largest absolute Gasteiger partial charge is 0.378 e. The van der Waals surface area contributed by atoms with Gasteiger partial charge in [0, 0.05) is 31.7 Å². The fourth-order valence-corrected chi connectivity index (χ4v) is 3.63. The van der Waals surface area contributed by atoms with Crippen LogP contribution in [0.5, 0.6) is 0 Å². The number of carbonyl (C=O) groups is 1. The number of ether oxygens (including phenoxy) is 1. The van der Waals surface area contributed by atoms with Gasteiger partial charge in [0.2, 0.25) is 0 Å². The highest BCUT2D eigenvalue weighted by atomic mass is 16.5. The average molecular weight is 370 g/mol. The van der Waals surface area contributed by atoms with Crippen molar-refractivity contribution in [1.82, 2.24) is 14.7 Å². The summed E-state index contributed by atoms with van der Waals surface area (Å²) < 4.78 is 7.41. The van der Waals surface area contributed by atoms with Crippen LogP contribution in [0.3, 0.4) is 0 Å². The first-order valence-electron chi connectivity index (χ1n) is 9.72. The average Bonchev–Trinajstić information content (AvgIpc) is 2.90. The van der Waals surface area contributed by atoms with Crippen molar-refractivity contribution >= 4 is 11.6 Å². The van der Waals surface area contributed by atoms with Crippen LogP contribution in [-0.2, 0) is 18.3 Å². The molecule has 1 aromatic heterocycles. The summed E-state index contributed by atoms with van der Waals surface area (Å²) >= 11 is 0. The zero-order valence-corrected chi connectivity index (χ0v) is 16.8. The summed E-state index contributed by atoms with van der Waals surface area (Å²) in [7, 11) is 1.88. The molecule has 2 heterocycles. The minimum absolute atomic E-state index is 0.101. The molecule has 6 nitrogen and oxygen atoms in total. The van der Waals surface area contributed by atoms with Crippen LogP contribution in [-0.4, -0.2) is 46.4 Å². The van der Waals surface area contributed by atoms with Crippen molar-refractivity contribution in [3.05, 3.63) is 46.8 Å². The van der Waals surface area contributed by atoms with E-state index in [0.29, 0.717) is 11.6 Å². The van der Waals surface area contributed by atoms with Crippen molar-refractivity contribution in [3.8, 4) is 0 Å². The van der Waals surface area contributed by atoms with Gasteiger partial charge in [0.25, 0.3) is 5.91 Å². The van der Waals surface area contributed by atoms with Crippen LogP contribution in [0.2, 0.25) is 0 Å². The Balaban J connectivity index is 1.65. The van der Waals surface area contributed by atoms with E-state index in [9.17, 15) is 4.79 Å². The molecule has 1 aliphatic heterocycles. The van der Waals surface area contributed by atoms with Gasteiger partial charge in [0.15, 0.2) is 0 Å². The van der Waals surface area contributed by atoms with Crippen LogP contribution in [0.15, 0.2) is 24.3 Å². The highest BCUT2D eigenvalue weighted by Gasteiger charge is 2.22. The van der Waals surface area contributed by atoms with Crippen LogP contribution in [0.4, 0.5) is 5.69 Å². The molecule has 3 rings (SSSR count). The Morgan fingerprint density at radius 3 is 2.67 bits per heavy atom. The van der Waals surface area contributed by atoms with Crippen LogP contribution < -0.4 is 5.32 Å². The van der Waals surface area contributed by atoms with Gasteiger partial charge in [0.05, 0.1) is 30.3 Å². The molecule has 1 aliphatic rings. The Bertz CT molecular complexity index is 780. The molecule has 146 valence electrons. The van der Waals surface area contributed by atoms with Crippen molar-refractivity contribution in [1.29, 1.82) is 0 Å². The Labute approximate surface area is 161 Å². The second-order valence-electron chi connectivity index (χ2n) is 7.31. The van der Waals surface area contributed by atoms with Crippen molar-refractivity contribution in [3.63, 3.8) is 0 Å². The standard InChI is InChI=1S/C21H30N4O2/c1-5-6-19-14-27-12-11-25(19)13-17-7-9-18(10-8-17)21(26)22-20-15(2)23-24(4)16(20)3/h7-10,19H,5-6,11-14H2,1-4H3,(H,22,26). The van der Waals surface area contributed by atoms with E-state index in [2.05, 4.69) is 34.4 Å². The second-order valence-corrected chi connectivity index (χ2v) is 7.31. The molecule has 0 bridgehead atoms. The molecular formula is C21H30N4O2. The molecule has 1 fully saturated rings. The molecule has 27 heavy (non-hydrogen) atoms. The number of amides is 1. The lowest BCUT2D eigenvalue weighted by Crippen LogP contribution is -2.44. The number of hydrogen-bond donors (Lipinski definition) is 1. The van der Waals surface area contributed by atoms with Gasteiger partial charge < -0.3 is 10.1 Å². The van der Waals surface area contributed by atoms with Crippen LogP contribution >= 0.6 is 0 Å². The Morgan fingerprint density at radius 2 is 2.04 bits per heavy atom. The molecule has 1 atom stereocenters. The van der Waals surface area contributed by atoms with Crippen LogP contribution in [0.1, 0.15) is 47.1 Å². The number of anilines is 1. The van der Waals surface area contributed by atoms with Gasteiger partial charge in [-0.2, -0.15) is 5.10 Å². The number of nitrogens with one attached hydrogen (secondary N) is 1. The fourth-order valence-electron chi connectivity index (χ4n) is 3.63. The third-order valence-electron chi connectivity index (χ3n) is 5.32. The number of hydrogen-bond acceptors (Lipinski definition) is 4. The molecule has 6 heteroatoms. The van der Waals surface area contributed by atoms with Gasteiger partial charge in [-0.3, -0.25) is 14.4 Å². The first-order chi connectivity index (χ1) is 13.0. The van der Waals surface area contributed by atoms with Gasteiger partial charge in [-0.05, 0) is 38.0 Å². The van der Waals surface area contributed by atoms with E-state index in [4.69, 9.17) is 4.74 Å². The molecule has 0 saturated carbocycles. The SMILES string of the molecule is CCCC1COCCN1Cc1ccc(C(=O)Nc2c(C)nn(C)c2C)cc1. The Morgan fingerprint density at radius 1 is 1.30 bits per heavy atom. The smallest absolute Gasteiger partial charge is 0.255 e. The summed E-state index contributed by atoms with van der Waals surface area (Å²) in [4.78, 5) is 15.1. The lowest BCUT2D eigenvalue weighted by atomic mass is 10.1. The van der Waals surface area contributed by atoms with E-state index in [1.165, 1.54) is 5.56 Å². The number of aromatic nitrogens is 2. The van der Waals surface area contributed by atoms with E-state index >= 15 is 0 Å². The lowest BCUT2D eigenvalue weighted by molar-refractivity contribution is -0.0147. The molecule has 1 aromatic carbocycles. The minimum Gasteiger partial charge on any atom is -0.378 e. The van der Waals surface area contributed by atoms with E-state index in [-0.39, 0.29) is 5.91 Å². The van der Waals surface area contributed by atoms with Gasteiger partial charge in [0.1, 0.15) is 0 Å². The van der Waals surface area contributed by atoms with E-state index in [1.54, 1.807) is 4.68 Å². The third-order valence-corrected chi connectivity index (χ3v) is 5.32. The Hall–Kier alpha value is -2.18. The highest BCUT2D eigenvalue weighted by molar-refractivity contribution is 6.04. The molecule has 0 radical (unpaired) electrons. The maximum absolute atomic E-state index is 12.6. The summed E-state index contributed by atoms with van der Waals surface area (Å²) in [5.41, 5.74) is 4.46. The molecule has 0 spiro atoms. The summed E-state index contributed by atoms with van der Waals surface area (Å²) in [6, 6.07) is 8.40. The van der Waals surface area contributed by atoms with Crippen LogP contribution in [0, 0.1) is 13.8 Å². The molecule has 1 unspecified atom stereocenters. The fraction of sp³-hybridized carbons (Fsp3) is 0.524. The number of aryl methyl sites for hydroxylation is 2. The predicted octanol–water partition coefficient (Wildman–Crippen LogP) is 3.29. The quantitative estimate of drug-likeness (QED) is 0.848. The molecule has 1 N–H and O–H groups in total. The van der Waals surface area contributed by atoms with Gasteiger partial charge in [-0.25, -0.2) is 0 Å². The maximum Gasteiger partial charge on any atom is 0.255 e. The third kappa shape index (κ3) is 4.57. The second kappa shape index (κ2) is 8.67. The molecular weight excluding hydrogens is 340 g/mol. The summed E-state index contributed by atoms with van der Waals surface area (Å²) in [5.74, 6) is -0.101. The molecule has 1 saturated heterocycles. The molecule has 2 aromatic rings. The summed E-state index contributed by atoms with van der Waals surface area (Å²) in [5, 5.41) is 7.34. The predicted molar refractivity (Wildman–Crippen MR) is 107 cm³/mol. The Kier molecular flexibility index (Phi) is 6.29. The number of rotatable bonds is 6. The van der Waals surface area contributed by atoms with Gasteiger partial charge >= 0.3 is 0 Å². The highest BCUT2D eigenvalue weighted by Crippen LogP contribution is 2.20.